The molecule has 0 aliphatic carbocycles. The Bertz CT molecular complexity index is 692. The maximum absolute atomic E-state index is 12.5. The third kappa shape index (κ3) is 2.84. The van der Waals surface area contributed by atoms with Gasteiger partial charge in [-0.25, -0.2) is 9.78 Å². The van der Waals surface area contributed by atoms with E-state index in [1.165, 1.54) is 0 Å². The summed E-state index contributed by atoms with van der Waals surface area (Å²) in [6.07, 6.45) is 1.74. The molecule has 1 aromatic heterocycles. The lowest BCUT2D eigenvalue weighted by Gasteiger charge is -2.28. The highest BCUT2D eigenvalue weighted by atomic mass is 35.5. The third-order valence-corrected chi connectivity index (χ3v) is 4.73. The molecule has 21 heavy (non-hydrogen) atoms. The van der Waals surface area contributed by atoms with E-state index in [2.05, 4.69) is 10.3 Å². The zero-order valence-corrected chi connectivity index (χ0v) is 13.0. The Labute approximate surface area is 132 Å². The fourth-order valence-corrected chi connectivity index (χ4v) is 3.29. The molecular formula is C15H14ClN3OS. The van der Waals surface area contributed by atoms with Crippen molar-refractivity contribution in [3.8, 4) is 0 Å². The zero-order chi connectivity index (χ0) is 14.8. The van der Waals surface area contributed by atoms with E-state index in [-0.39, 0.29) is 6.03 Å². The van der Waals surface area contributed by atoms with E-state index in [1.807, 2.05) is 37.3 Å². The second kappa shape index (κ2) is 5.95. The number of urea groups is 1. The molecule has 0 unspecified atom stereocenters. The monoisotopic (exact) mass is 319 g/mol. The standard InChI is InChI=1S/C15H14ClN3OS/c1-10-11(16)4-2-5-12(10)18-15(20)19-8-9-21-14-13(19)6-3-7-17-14/h2-7H,8-9H2,1H3,(H,18,20). The van der Waals surface area contributed by atoms with Crippen LogP contribution in [0.5, 0.6) is 0 Å². The van der Waals surface area contributed by atoms with Gasteiger partial charge in [0.25, 0.3) is 0 Å². The number of anilines is 2. The number of fused-ring (bicyclic) bond motifs is 1. The summed E-state index contributed by atoms with van der Waals surface area (Å²) in [5.41, 5.74) is 2.45. The minimum absolute atomic E-state index is 0.157. The molecule has 0 saturated heterocycles. The molecular weight excluding hydrogens is 306 g/mol. The number of rotatable bonds is 1. The van der Waals surface area contributed by atoms with Crippen molar-refractivity contribution < 1.29 is 4.79 Å². The molecule has 108 valence electrons. The van der Waals surface area contributed by atoms with Crippen molar-refractivity contribution >= 4 is 40.8 Å². The van der Waals surface area contributed by atoms with E-state index >= 15 is 0 Å². The average molecular weight is 320 g/mol. The molecule has 0 saturated carbocycles. The molecule has 0 atom stereocenters. The van der Waals surface area contributed by atoms with Crippen LogP contribution in [0.15, 0.2) is 41.6 Å². The number of thioether (sulfide) groups is 1. The molecule has 0 spiro atoms. The number of nitrogens with one attached hydrogen (secondary N) is 1. The normalized spacial score (nSPS) is 13.7. The molecule has 1 aliphatic rings. The Morgan fingerprint density at radius 2 is 2.24 bits per heavy atom. The summed E-state index contributed by atoms with van der Waals surface area (Å²) in [4.78, 5) is 18.6. The lowest BCUT2D eigenvalue weighted by atomic mass is 10.2. The number of halogens is 1. The van der Waals surface area contributed by atoms with Crippen molar-refractivity contribution in [1.29, 1.82) is 0 Å². The predicted octanol–water partition coefficient (Wildman–Crippen LogP) is 4.19. The highest BCUT2D eigenvalue weighted by molar-refractivity contribution is 7.99. The molecule has 4 nitrogen and oxygen atoms in total. The van der Waals surface area contributed by atoms with Crippen molar-refractivity contribution in [2.24, 2.45) is 0 Å². The Balaban J connectivity index is 1.85. The van der Waals surface area contributed by atoms with Crippen LogP contribution in [0.1, 0.15) is 5.56 Å². The smallest absolute Gasteiger partial charge is 0.307 e. The molecule has 2 amide bonds. The third-order valence-electron chi connectivity index (χ3n) is 3.35. The Kier molecular flexibility index (Phi) is 4.03. The first kappa shape index (κ1) is 14.2. The molecule has 3 rings (SSSR count). The summed E-state index contributed by atoms with van der Waals surface area (Å²) in [5, 5.41) is 4.46. The summed E-state index contributed by atoms with van der Waals surface area (Å²) >= 11 is 7.75. The van der Waals surface area contributed by atoms with Gasteiger partial charge in [-0.2, -0.15) is 0 Å². The summed E-state index contributed by atoms with van der Waals surface area (Å²) < 4.78 is 0. The summed E-state index contributed by atoms with van der Waals surface area (Å²) in [6.45, 7) is 2.55. The number of pyridine rings is 1. The van der Waals surface area contributed by atoms with Crippen LogP contribution in [0.25, 0.3) is 0 Å². The quantitative estimate of drug-likeness (QED) is 0.857. The number of benzene rings is 1. The first-order valence-corrected chi connectivity index (χ1v) is 7.94. The van der Waals surface area contributed by atoms with Crippen LogP contribution in [0.2, 0.25) is 5.02 Å². The maximum Gasteiger partial charge on any atom is 0.326 e. The van der Waals surface area contributed by atoms with E-state index in [1.54, 1.807) is 22.9 Å². The Hall–Kier alpha value is -1.72. The van der Waals surface area contributed by atoms with Crippen molar-refractivity contribution in [3.63, 3.8) is 0 Å². The summed E-state index contributed by atoms with van der Waals surface area (Å²) in [7, 11) is 0. The fraction of sp³-hybridized carbons (Fsp3) is 0.200. The second-order valence-corrected chi connectivity index (χ2v) is 6.16. The van der Waals surface area contributed by atoms with E-state index in [4.69, 9.17) is 11.6 Å². The topological polar surface area (TPSA) is 45.2 Å². The number of carbonyl (C=O) groups is 1. The molecule has 1 aromatic carbocycles. The molecule has 0 fully saturated rings. The van der Waals surface area contributed by atoms with Crippen molar-refractivity contribution in [3.05, 3.63) is 47.1 Å². The molecule has 0 radical (unpaired) electrons. The summed E-state index contributed by atoms with van der Waals surface area (Å²) in [6, 6.07) is 9.08. The van der Waals surface area contributed by atoms with Gasteiger partial charge in [-0.05, 0) is 36.8 Å². The van der Waals surface area contributed by atoms with Gasteiger partial charge in [0.15, 0.2) is 0 Å². The molecule has 1 aliphatic heterocycles. The SMILES string of the molecule is Cc1c(Cl)cccc1NC(=O)N1CCSc2ncccc21. The van der Waals surface area contributed by atoms with Gasteiger partial charge in [0.05, 0.1) is 5.69 Å². The average Bonchev–Trinajstić information content (AvgIpc) is 2.51. The van der Waals surface area contributed by atoms with Crippen LogP contribution >= 0.6 is 23.4 Å². The van der Waals surface area contributed by atoms with Crippen LogP contribution in [-0.4, -0.2) is 23.3 Å². The van der Waals surface area contributed by atoms with E-state index in [9.17, 15) is 4.79 Å². The number of hydrogen-bond donors (Lipinski definition) is 1. The van der Waals surface area contributed by atoms with Gasteiger partial charge in [-0.1, -0.05) is 17.7 Å². The second-order valence-electron chi connectivity index (χ2n) is 4.67. The lowest BCUT2D eigenvalue weighted by molar-refractivity contribution is 0.257. The summed E-state index contributed by atoms with van der Waals surface area (Å²) in [5.74, 6) is 0.839. The van der Waals surface area contributed by atoms with Crippen molar-refractivity contribution in [2.75, 3.05) is 22.5 Å². The minimum Gasteiger partial charge on any atom is -0.307 e. The van der Waals surface area contributed by atoms with Crippen molar-refractivity contribution in [1.82, 2.24) is 4.98 Å². The maximum atomic E-state index is 12.5. The largest absolute Gasteiger partial charge is 0.326 e. The van der Waals surface area contributed by atoms with Gasteiger partial charge in [0.1, 0.15) is 5.03 Å². The van der Waals surface area contributed by atoms with Gasteiger partial charge < -0.3 is 5.32 Å². The van der Waals surface area contributed by atoms with Crippen LogP contribution in [0.4, 0.5) is 16.2 Å². The van der Waals surface area contributed by atoms with Gasteiger partial charge in [-0.3, -0.25) is 4.90 Å². The molecule has 1 N–H and O–H groups in total. The highest BCUT2D eigenvalue weighted by Crippen LogP contribution is 2.33. The number of amides is 2. The van der Waals surface area contributed by atoms with Gasteiger partial charge in [-0.15, -0.1) is 11.8 Å². The number of hydrogen-bond acceptors (Lipinski definition) is 3. The number of aromatic nitrogens is 1. The van der Waals surface area contributed by atoms with Gasteiger partial charge in [0.2, 0.25) is 0 Å². The molecule has 6 heteroatoms. The first-order chi connectivity index (χ1) is 10.2. The number of carbonyl (C=O) groups excluding carboxylic acids is 1. The van der Waals surface area contributed by atoms with E-state index in [0.29, 0.717) is 11.6 Å². The zero-order valence-electron chi connectivity index (χ0n) is 11.5. The van der Waals surface area contributed by atoms with Crippen LogP contribution < -0.4 is 10.2 Å². The van der Waals surface area contributed by atoms with E-state index in [0.717, 1.165) is 27.7 Å². The van der Waals surface area contributed by atoms with Crippen LogP contribution in [0, 0.1) is 6.92 Å². The predicted molar refractivity (Wildman–Crippen MR) is 87.5 cm³/mol. The molecule has 0 bridgehead atoms. The minimum atomic E-state index is -0.157. The first-order valence-electron chi connectivity index (χ1n) is 6.58. The Morgan fingerprint density at radius 1 is 1.38 bits per heavy atom. The fourth-order valence-electron chi connectivity index (χ4n) is 2.19. The van der Waals surface area contributed by atoms with Crippen LogP contribution in [0.3, 0.4) is 0 Å². The Morgan fingerprint density at radius 3 is 3.10 bits per heavy atom. The number of nitrogens with zero attached hydrogens (tertiary/aromatic N) is 2. The molecule has 2 aromatic rings. The van der Waals surface area contributed by atoms with E-state index < -0.39 is 0 Å². The lowest BCUT2D eigenvalue weighted by Crippen LogP contribution is -2.39. The molecule has 2 heterocycles. The van der Waals surface area contributed by atoms with Crippen molar-refractivity contribution in [2.45, 2.75) is 11.9 Å². The van der Waals surface area contributed by atoms with Crippen LogP contribution in [-0.2, 0) is 0 Å². The van der Waals surface area contributed by atoms with Gasteiger partial charge >= 0.3 is 6.03 Å². The van der Waals surface area contributed by atoms with Gasteiger partial charge in [0, 0.05) is 29.2 Å². The highest BCUT2D eigenvalue weighted by Gasteiger charge is 2.24.